The number of hydrogen-bond donors (Lipinski definition) is 1. The monoisotopic (exact) mass is 527 g/mol. The van der Waals surface area contributed by atoms with Crippen molar-refractivity contribution < 1.29 is 35.5 Å². The van der Waals surface area contributed by atoms with Crippen LogP contribution < -0.4 is 14.4 Å². The topological polar surface area (TPSA) is 88.6 Å². The van der Waals surface area contributed by atoms with E-state index in [1.807, 2.05) is 9.62 Å². The molecule has 0 radical (unpaired) electrons. The molecule has 2 aliphatic carbocycles. The second-order valence-electron chi connectivity index (χ2n) is 9.55. The predicted molar refractivity (Wildman–Crippen MR) is 123 cm³/mol. The molecule has 1 unspecified atom stereocenters. The van der Waals surface area contributed by atoms with E-state index in [2.05, 4.69) is 4.98 Å². The Labute approximate surface area is 205 Å². The molecule has 1 atom stereocenters. The number of aromatic nitrogens is 1. The van der Waals surface area contributed by atoms with Crippen LogP contribution in [-0.2, 0) is 16.2 Å². The molecule has 1 amide bonds. The standard InChI is InChI=1S/C24H25F4N3O4S/c25-20-11-21(18(14-3-4-14)10-19(20)23(32)30-36(33,34)17-6-7-17)35-16-2-1-9-31(13-16)22-8-5-15(12-29-22)24(26,27)28/h5,8,10-12,14,16-17H,1-4,6-7,9,13H2,(H,30,32). The number of alkyl halides is 3. The molecule has 1 aliphatic heterocycles. The number of anilines is 1. The number of nitrogens with zero attached hydrogens (tertiary/aromatic N) is 2. The molecular weight excluding hydrogens is 502 g/mol. The Kier molecular flexibility index (Phi) is 6.34. The first-order valence-corrected chi connectivity index (χ1v) is 13.4. The first kappa shape index (κ1) is 24.8. The fourth-order valence-corrected chi connectivity index (χ4v) is 5.66. The van der Waals surface area contributed by atoms with Crippen LogP contribution in [0.1, 0.15) is 65.9 Å². The summed E-state index contributed by atoms with van der Waals surface area (Å²) in [5.41, 5.74) is -0.516. The minimum atomic E-state index is -4.46. The van der Waals surface area contributed by atoms with Gasteiger partial charge in [0.05, 0.1) is 22.9 Å². The molecule has 1 saturated heterocycles. The highest BCUT2D eigenvalue weighted by atomic mass is 32.2. The second-order valence-corrected chi connectivity index (χ2v) is 11.5. The van der Waals surface area contributed by atoms with Gasteiger partial charge in [0.15, 0.2) is 0 Å². The molecule has 2 heterocycles. The molecule has 3 aliphatic rings. The number of hydrogen-bond acceptors (Lipinski definition) is 6. The van der Waals surface area contributed by atoms with E-state index in [0.29, 0.717) is 55.9 Å². The van der Waals surface area contributed by atoms with Crippen LogP contribution in [0.25, 0.3) is 0 Å². The Morgan fingerprint density at radius 1 is 1.11 bits per heavy atom. The Morgan fingerprint density at radius 3 is 2.47 bits per heavy atom. The molecule has 2 aromatic rings. The largest absolute Gasteiger partial charge is 0.488 e. The summed E-state index contributed by atoms with van der Waals surface area (Å²) in [5, 5.41) is -0.608. The highest BCUT2D eigenvalue weighted by Crippen LogP contribution is 2.45. The fraction of sp³-hybridized carbons (Fsp3) is 0.500. The average molecular weight is 528 g/mol. The Hall–Kier alpha value is -2.89. The number of halogens is 4. The lowest BCUT2D eigenvalue weighted by Crippen LogP contribution is -2.41. The van der Waals surface area contributed by atoms with Crippen LogP contribution in [0.15, 0.2) is 30.5 Å². The molecule has 1 N–H and O–H groups in total. The van der Waals surface area contributed by atoms with E-state index in [1.54, 1.807) is 0 Å². The number of ether oxygens (including phenoxy) is 1. The number of benzene rings is 1. The van der Waals surface area contributed by atoms with Gasteiger partial charge in [-0.2, -0.15) is 13.2 Å². The Bertz CT molecular complexity index is 1260. The van der Waals surface area contributed by atoms with E-state index < -0.39 is 38.7 Å². The van der Waals surface area contributed by atoms with E-state index in [1.165, 1.54) is 12.1 Å². The molecule has 194 valence electrons. The van der Waals surface area contributed by atoms with Gasteiger partial charge < -0.3 is 9.64 Å². The third-order valence-corrected chi connectivity index (χ3v) is 8.45. The number of rotatable bonds is 7. The molecule has 5 rings (SSSR count). The Morgan fingerprint density at radius 2 is 1.86 bits per heavy atom. The zero-order chi connectivity index (χ0) is 25.7. The zero-order valence-corrected chi connectivity index (χ0v) is 20.0. The maximum Gasteiger partial charge on any atom is 0.417 e. The van der Waals surface area contributed by atoms with Crippen LogP contribution in [-0.4, -0.2) is 43.8 Å². The van der Waals surface area contributed by atoms with Gasteiger partial charge in [-0.15, -0.1) is 0 Å². The van der Waals surface area contributed by atoms with E-state index in [0.717, 1.165) is 31.2 Å². The molecule has 1 aromatic carbocycles. The third kappa shape index (κ3) is 5.42. The number of sulfonamides is 1. The number of amides is 1. The van der Waals surface area contributed by atoms with E-state index in [9.17, 15) is 30.8 Å². The second kappa shape index (κ2) is 9.20. The Balaban J connectivity index is 1.32. The summed E-state index contributed by atoms with van der Waals surface area (Å²) < 4.78 is 85.8. The fourth-order valence-electron chi connectivity index (χ4n) is 4.37. The minimum absolute atomic E-state index is 0.0865. The van der Waals surface area contributed by atoms with Gasteiger partial charge in [-0.3, -0.25) is 4.79 Å². The number of carbonyl (C=O) groups is 1. The van der Waals surface area contributed by atoms with Gasteiger partial charge in [0.1, 0.15) is 23.5 Å². The van der Waals surface area contributed by atoms with Gasteiger partial charge in [-0.25, -0.2) is 22.5 Å². The third-order valence-electron chi connectivity index (χ3n) is 6.63. The van der Waals surface area contributed by atoms with Gasteiger partial charge in [-0.1, -0.05) is 0 Å². The average Bonchev–Trinajstić information content (AvgIpc) is 3.71. The minimum Gasteiger partial charge on any atom is -0.488 e. The van der Waals surface area contributed by atoms with E-state index >= 15 is 0 Å². The maximum absolute atomic E-state index is 14.9. The van der Waals surface area contributed by atoms with E-state index in [4.69, 9.17) is 4.74 Å². The molecule has 1 aromatic heterocycles. The van der Waals surface area contributed by atoms with Crippen molar-refractivity contribution in [1.82, 2.24) is 9.71 Å². The number of nitrogens with one attached hydrogen (secondary N) is 1. The molecule has 7 nitrogen and oxygen atoms in total. The van der Waals surface area contributed by atoms with Crippen molar-refractivity contribution in [3.63, 3.8) is 0 Å². The van der Waals surface area contributed by atoms with Crippen LogP contribution >= 0.6 is 0 Å². The lowest BCUT2D eigenvalue weighted by molar-refractivity contribution is -0.137. The summed E-state index contributed by atoms with van der Waals surface area (Å²) in [6.07, 6.45) is -0.0302. The SMILES string of the molecule is O=C(NS(=O)(=O)C1CC1)c1cc(C2CC2)c(OC2CCCN(c3ccc(C(F)(F)F)cn3)C2)cc1F. The summed E-state index contributed by atoms with van der Waals surface area (Å²) in [6.45, 7) is 0.947. The van der Waals surface area contributed by atoms with Crippen LogP contribution in [0, 0.1) is 5.82 Å². The number of carbonyl (C=O) groups excluding carboxylic acids is 1. The van der Waals surface area contributed by atoms with Gasteiger partial charge in [0.25, 0.3) is 5.91 Å². The van der Waals surface area contributed by atoms with Gasteiger partial charge >= 0.3 is 6.18 Å². The highest BCUT2D eigenvalue weighted by molar-refractivity contribution is 7.91. The van der Waals surface area contributed by atoms with Crippen LogP contribution in [0.4, 0.5) is 23.4 Å². The quantitative estimate of drug-likeness (QED) is 0.538. The van der Waals surface area contributed by atoms with Crippen LogP contribution in [0.5, 0.6) is 5.75 Å². The summed E-state index contributed by atoms with van der Waals surface area (Å²) >= 11 is 0. The molecule has 36 heavy (non-hydrogen) atoms. The van der Waals surface area contributed by atoms with Crippen LogP contribution in [0.3, 0.4) is 0 Å². The van der Waals surface area contributed by atoms with Crippen molar-refractivity contribution in [2.45, 2.75) is 62.0 Å². The van der Waals surface area contributed by atoms with Crippen molar-refractivity contribution in [3.05, 3.63) is 53.0 Å². The predicted octanol–water partition coefficient (Wildman–Crippen LogP) is 4.39. The number of pyridine rings is 1. The highest BCUT2D eigenvalue weighted by Gasteiger charge is 2.38. The van der Waals surface area contributed by atoms with Crippen molar-refractivity contribution in [2.75, 3.05) is 18.0 Å². The van der Waals surface area contributed by atoms with Crippen LogP contribution in [0.2, 0.25) is 0 Å². The van der Waals surface area contributed by atoms with Crippen molar-refractivity contribution >= 4 is 21.7 Å². The molecular formula is C24H25F4N3O4S. The summed E-state index contributed by atoms with van der Waals surface area (Å²) in [5.74, 6) is -1.10. The summed E-state index contributed by atoms with van der Waals surface area (Å²) in [6, 6.07) is 4.81. The maximum atomic E-state index is 14.9. The lowest BCUT2D eigenvalue weighted by Gasteiger charge is -2.34. The first-order valence-electron chi connectivity index (χ1n) is 11.9. The summed E-state index contributed by atoms with van der Waals surface area (Å²) in [4.78, 5) is 18.3. The van der Waals surface area contributed by atoms with Crippen molar-refractivity contribution in [3.8, 4) is 5.75 Å². The molecule has 3 fully saturated rings. The summed E-state index contributed by atoms with van der Waals surface area (Å²) in [7, 11) is -3.82. The van der Waals surface area contributed by atoms with Gasteiger partial charge in [0, 0.05) is 18.8 Å². The van der Waals surface area contributed by atoms with E-state index in [-0.39, 0.29) is 17.6 Å². The van der Waals surface area contributed by atoms with Crippen molar-refractivity contribution in [2.24, 2.45) is 0 Å². The van der Waals surface area contributed by atoms with Crippen molar-refractivity contribution in [1.29, 1.82) is 0 Å². The molecule has 2 saturated carbocycles. The molecule has 0 spiro atoms. The first-order chi connectivity index (χ1) is 17.0. The normalized spacial score (nSPS) is 20.8. The lowest BCUT2D eigenvalue weighted by atomic mass is 10.0. The number of piperidine rings is 1. The van der Waals surface area contributed by atoms with Gasteiger partial charge in [0.2, 0.25) is 10.0 Å². The van der Waals surface area contributed by atoms with Gasteiger partial charge in [-0.05, 0) is 68.2 Å². The molecule has 12 heteroatoms. The molecule has 0 bridgehead atoms. The zero-order valence-electron chi connectivity index (χ0n) is 19.2. The smallest absolute Gasteiger partial charge is 0.417 e.